The molecule has 1 amide bonds. The standard InChI is InChI=1S/C19H18BrN3O2/c1-12-7-13(2)19(16(20)8-12)25-11-18(24)23-22-10-14-9-21-17-6-4-3-5-15(14)17/h3-10,21H,11H2,1-2H3,(H,23,24). The summed E-state index contributed by atoms with van der Waals surface area (Å²) in [7, 11) is 0. The Morgan fingerprint density at radius 1 is 1.32 bits per heavy atom. The van der Waals surface area contributed by atoms with Crippen molar-refractivity contribution in [2.75, 3.05) is 6.61 Å². The molecule has 1 aromatic heterocycles. The normalized spacial score (nSPS) is 11.2. The topological polar surface area (TPSA) is 66.5 Å². The lowest BCUT2D eigenvalue weighted by atomic mass is 10.1. The van der Waals surface area contributed by atoms with E-state index >= 15 is 0 Å². The molecular formula is C19H18BrN3O2. The number of fused-ring (bicyclic) bond motifs is 1. The maximum absolute atomic E-state index is 11.9. The van der Waals surface area contributed by atoms with Crippen molar-refractivity contribution in [2.45, 2.75) is 13.8 Å². The van der Waals surface area contributed by atoms with Crippen LogP contribution in [0.3, 0.4) is 0 Å². The fourth-order valence-electron chi connectivity index (χ4n) is 2.63. The van der Waals surface area contributed by atoms with Crippen molar-refractivity contribution in [2.24, 2.45) is 5.10 Å². The molecule has 0 radical (unpaired) electrons. The number of aromatic nitrogens is 1. The highest BCUT2D eigenvalue weighted by molar-refractivity contribution is 9.10. The van der Waals surface area contributed by atoms with Crippen LogP contribution in [-0.2, 0) is 4.79 Å². The quantitative estimate of drug-likeness (QED) is 0.501. The van der Waals surface area contributed by atoms with E-state index in [2.05, 4.69) is 31.4 Å². The van der Waals surface area contributed by atoms with Crippen LogP contribution in [0.2, 0.25) is 0 Å². The average molecular weight is 400 g/mol. The maximum atomic E-state index is 11.9. The number of hydrazone groups is 1. The molecular weight excluding hydrogens is 382 g/mol. The number of nitrogens with zero attached hydrogens (tertiary/aromatic N) is 1. The molecule has 2 N–H and O–H groups in total. The molecule has 0 aliphatic carbocycles. The fraction of sp³-hybridized carbons (Fsp3) is 0.158. The van der Waals surface area contributed by atoms with Crippen molar-refractivity contribution in [3.63, 3.8) is 0 Å². The average Bonchev–Trinajstić information content (AvgIpc) is 2.97. The summed E-state index contributed by atoms with van der Waals surface area (Å²) < 4.78 is 6.44. The van der Waals surface area contributed by atoms with Crippen molar-refractivity contribution in [1.82, 2.24) is 10.4 Å². The highest BCUT2D eigenvalue weighted by Gasteiger charge is 2.09. The van der Waals surface area contributed by atoms with E-state index in [1.165, 1.54) is 0 Å². The Bertz CT molecular complexity index is 924. The Morgan fingerprint density at radius 3 is 2.92 bits per heavy atom. The zero-order chi connectivity index (χ0) is 17.8. The fourth-order valence-corrected chi connectivity index (χ4v) is 3.42. The summed E-state index contributed by atoms with van der Waals surface area (Å²) in [6.07, 6.45) is 3.47. The van der Waals surface area contributed by atoms with Gasteiger partial charge in [-0.1, -0.05) is 24.3 Å². The first-order chi connectivity index (χ1) is 12.0. The minimum absolute atomic E-state index is 0.103. The van der Waals surface area contributed by atoms with Crippen LogP contribution in [0.15, 0.2) is 52.2 Å². The minimum atomic E-state index is -0.317. The van der Waals surface area contributed by atoms with Crippen LogP contribution in [0.4, 0.5) is 0 Å². The summed E-state index contributed by atoms with van der Waals surface area (Å²) in [4.78, 5) is 15.1. The van der Waals surface area contributed by atoms with Crippen LogP contribution >= 0.6 is 15.9 Å². The molecule has 0 fully saturated rings. The lowest BCUT2D eigenvalue weighted by molar-refractivity contribution is -0.123. The number of carbonyl (C=O) groups excluding carboxylic acids is 1. The van der Waals surface area contributed by atoms with Crippen LogP contribution in [0.1, 0.15) is 16.7 Å². The van der Waals surface area contributed by atoms with E-state index in [-0.39, 0.29) is 12.5 Å². The third kappa shape index (κ3) is 4.09. The molecule has 0 aliphatic heterocycles. The number of halogens is 1. The van der Waals surface area contributed by atoms with Crippen molar-refractivity contribution in [1.29, 1.82) is 0 Å². The number of hydrogen-bond acceptors (Lipinski definition) is 3. The van der Waals surface area contributed by atoms with Crippen LogP contribution in [-0.4, -0.2) is 23.7 Å². The van der Waals surface area contributed by atoms with Crippen LogP contribution < -0.4 is 10.2 Å². The monoisotopic (exact) mass is 399 g/mol. The lowest BCUT2D eigenvalue weighted by Gasteiger charge is -2.11. The van der Waals surface area contributed by atoms with Gasteiger partial charge < -0.3 is 9.72 Å². The molecule has 0 atom stereocenters. The first-order valence-corrected chi connectivity index (χ1v) is 8.61. The van der Waals surface area contributed by atoms with E-state index in [1.807, 2.05) is 56.4 Å². The number of benzene rings is 2. The second-order valence-corrected chi connectivity index (χ2v) is 6.62. The van der Waals surface area contributed by atoms with Gasteiger partial charge in [0, 0.05) is 22.7 Å². The molecule has 128 valence electrons. The maximum Gasteiger partial charge on any atom is 0.277 e. The van der Waals surface area contributed by atoms with Gasteiger partial charge in [-0.15, -0.1) is 0 Å². The highest BCUT2D eigenvalue weighted by atomic mass is 79.9. The molecule has 3 aromatic rings. The molecule has 0 spiro atoms. The van der Waals surface area contributed by atoms with Crippen molar-refractivity contribution in [3.8, 4) is 5.75 Å². The van der Waals surface area contributed by atoms with Gasteiger partial charge in [0.05, 0.1) is 10.7 Å². The summed E-state index contributed by atoms with van der Waals surface area (Å²) in [5.74, 6) is 0.351. The molecule has 0 saturated carbocycles. The Balaban J connectivity index is 1.58. The molecule has 0 aliphatic rings. The summed E-state index contributed by atoms with van der Waals surface area (Å²) in [5, 5.41) is 5.05. The third-order valence-electron chi connectivity index (χ3n) is 3.74. The third-order valence-corrected chi connectivity index (χ3v) is 4.32. The van der Waals surface area contributed by atoms with Crippen molar-refractivity contribution >= 4 is 39.0 Å². The van der Waals surface area contributed by atoms with E-state index in [0.29, 0.717) is 5.75 Å². The van der Waals surface area contributed by atoms with Gasteiger partial charge in [-0.3, -0.25) is 4.79 Å². The molecule has 3 rings (SSSR count). The number of amides is 1. The molecule has 1 heterocycles. The lowest BCUT2D eigenvalue weighted by Crippen LogP contribution is -2.24. The van der Waals surface area contributed by atoms with Gasteiger partial charge in [0.2, 0.25) is 0 Å². The molecule has 2 aromatic carbocycles. The summed E-state index contributed by atoms with van der Waals surface area (Å²) in [6, 6.07) is 11.9. The van der Waals surface area contributed by atoms with Crippen LogP contribution in [0.5, 0.6) is 5.75 Å². The highest BCUT2D eigenvalue weighted by Crippen LogP contribution is 2.30. The number of H-pyrrole nitrogens is 1. The zero-order valence-corrected chi connectivity index (χ0v) is 15.6. The Kier molecular flexibility index (Phi) is 5.19. The van der Waals surface area contributed by atoms with Crippen molar-refractivity contribution < 1.29 is 9.53 Å². The number of rotatable bonds is 5. The molecule has 0 unspecified atom stereocenters. The Labute approximate surface area is 154 Å². The number of nitrogens with one attached hydrogen (secondary N) is 2. The van der Waals surface area contributed by atoms with Gasteiger partial charge in [0.1, 0.15) is 5.75 Å². The SMILES string of the molecule is Cc1cc(C)c(OCC(=O)NN=Cc2c[nH]c3ccccc23)c(Br)c1. The van der Waals surface area contributed by atoms with E-state index < -0.39 is 0 Å². The first-order valence-electron chi connectivity index (χ1n) is 7.82. The van der Waals surface area contributed by atoms with Gasteiger partial charge in [0.25, 0.3) is 5.91 Å². The van der Waals surface area contributed by atoms with Gasteiger partial charge in [-0.05, 0) is 53.0 Å². The van der Waals surface area contributed by atoms with Crippen molar-refractivity contribution in [3.05, 3.63) is 63.8 Å². The number of aromatic amines is 1. The van der Waals surface area contributed by atoms with E-state index in [4.69, 9.17) is 4.74 Å². The first kappa shape index (κ1) is 17.2. The number of carbonyl (C=O) groups is 1. The Hall–Kier alpha value is -2.60. The van der Waals surface area contributed by atoms with E-state index in [9.17, 15) is 4.79 Å². The summed E-state index contributed by atoms with van der Waals surface area (Å²) in [5.41, 5.74) is 6.52. The molecule has 0 bridgehead atoms. The van der Waals surface area contributed by atoms with Gasteiger partial charge in [0.15, 0.2) is 6.61 Å². The smallest absolute Gasteiger partial charge is 0.277 e. The summed E-state index contributed by atoms with van der Waals surface area (Å²) in [6.45, 7) is 3.85. The van der Waals surface area contributed by atoms with Crippen LogP contribution in [0.25, 0.3) is 10.9 Å². The van der Waals surface area contributed by atoms with Gasteiger partial charge >= 0.3 is 0 Å². The minimum Gasteiger partial charge on any atom is -0.482 e. The molecule has 5 nitrogen and oxygen atoms in total. The largest absolute Gasteiger partial charge is 0.482 e. The number of hydrogen-bond donors (Lipinski definition) is 2. The van der Waals surface area contributed by atoms with Crippen LogP contribution in [0, 0.1) is 13.8 Å². The molecule has 6 heteroatoms. The second kappa shape index (κ2) is 7.53. The number of ether oxygens (including phenoxy) is 1. The molecule has 0 saturated heterocycles. The van der Waals surface area contributed by atoms with Gasteiger partial charge in [-0.2, -0.15) is 5.10 Å². The summed E-state index contributed by atoms with van der Waals surface area (Å²) >= 11 is 3.46. The van der Waals surface area contributed by atoms with Gasteiger partial charge in [-0.25, -0.2) is 5.43 Å². The predicted octanol–water partition coefficient (Wildman–Crippen LogP) is 4.08. The Morgan fingerprint density at radius 2 is 2.12 bits per heavy atom. The van der Waals surface area contributed by atoms with E-state index in [1.54, 1.807) is 6.21 Å². The number of para-hydroxylation sites is 1. The predicted molar refractivity (Wildman–Crippen MR) is 103 cm³/mol. The zero-order valence-electron chi connectivity index (χ0n) is 14.0. The molecule has 25 heavy (non-hydrogen) atoms. The number of aryl methyl sites for hydroxylation is 2. The van der Waals surface area contributed by atoms with E-state index in [0.717, 1.165) is 32.1 Å². The second-order valence-electron chi connectivity index (χ2n) is 5.76.